The molecule has 1 amide bonds. The molecule has 0 N–H and O–H groups in total. The van der Waals surface area contributed by atoms with Crippen molar-refractivity contribution in [2.45, 2.75) is 12.2 Å². The highest BCUT2D eigenvalue weighted by atomic mass is 35.5. The molecule has 1 fully saturated rings. The van der Waals surface area contributed by atoms with Gasteiger partial charge in [0, 0.05) is 27.3 Å². The zero-order valence-corrected chi connectivity index (χ0v) is 8.58. The van der Waals surface area contributed by atoms with Gasteiger partial charge in [-0.2, -0.15) is 0 Å². The Hall–Kier alpha value is -0.320. The van der Waals surface area contributed by atoms with Crippen LogP contribution in [0.25, 0.3) is 0 Å². The Bertz CT molecular complexity index is 176. The van der Waals surface area contributed by atoms with Crippen LogP contribution in [0.5, 0.6) is 0 Å². The molecule has 5 heteroatoms. The minimum absolute atomic E-state index is 0.0207. The molecule has 1 rings (SSSR count). The van der Waals surface area contributed by atoms with Gasteiger partial charge in [-0.05, 0) is 0 Å². The van der Waals surface area contributed by atoms with E-state index in [2.05, 4.69) is 0 Å². The van der Waals surface area contributed by atoms with Crippen LogP contribution in [0.3, 0.4) is 0 Å². The molecule has 0 bridgehead atoms. The number of halogens is 1. The summed E-state index contributed by atoms with van der Waals surface area (Å²) in [6.45, 7) is 1.14. The summed E-state index contributed by atoms with van der Waals surface area (Å²) >= 11 is 5.44. The van der Waals surface area contributed by atoms with Crippen LogP contribution in [0.2, 0.25) is 0 Å². The molecule has 76 valence electrons. The predicted octanol–water partition coefficient (Wildman–Crippen LogP) is 0.0974. The Morgan fingerprint density at radius 2 is 1.85 bits per heavy atom. The molecule has 0 aromatic carbocycles. The molecule has 1 heterocycles. The maximum atomic E-state index is 11.2. The van der Waals surface area contributed by atoms with Crippen LogP contribution in [0.1, 0.15) is 0 Å². The normalized spacial score (nSPS) is 28.1. The molecule has 0 aromatic rings. The molecule has 1 aliphatic heterocycles. The third kappa shape index (κ3) is 2.33. The third-order valence-electron chi connectivity index (χ3n) is 2.29. The van der Waals surface area contributed by atoms with E-state index in [1.165, 1.54) is 0 Å². The zero-order chi connectivity index (χ0) is 9.84. The minimum atomic E-state index is -0.0664. The van der Waals surface area contributed by atoms with Crippen LogP contribution < -0.4 is 0 Å². The molecule has 0 radical (unpaired) electrons. The molecule has 13 heavy (non-hydrogen) atoms. The summed E-state index contributed by atoms with van der Waals surface area (Å²) in [6, 6.07) is 0. The summed E-state index contributed by atoms with van der Waals surface area (Å²) in [5.41, 5.74) is 0. The number of carbonyl (C=O) groups is 1. The van der Waals surface area contributed by atoms with Gasteiger partial charge in [-0.15, -0.1) is 11.6 Å². The highest BCUT2D eigenvalue weighted by Gasteiger charge is 2.34. The molecular weight excluding hydrogens is 194 g/mol. The standard InChI is InChI=1S/C8H14ClNO3/c1-12-6-4-10(8(11)3-9)5-7(6)13-2/h6-7H,3-5H2,1-2H3/t6-,7-/m1/s1. The van der Waals surface area contributed by atoms with E-state index in [9.17, 15) is 4.79 Å². The largest absolute Gasteiger partial charge is 0.377 e. The molecule has 4 nitrogen and oxygen atoms in total. The molecule has 0 unspecified atom stereocenters. The van der Waals surface area contributed by atoms with Gasteiger partial charge in [-0.25, -0.2) is 0 Å². The zero-order valence-electron chi connectivity index (χ0n) is 7.83. The maximum Gasteiger partial charge on any atom is 0.237 e. The average Bonchev–Trinajstić information content (AvgIpc) is 2.59. The number of nitrogens with zero attached hydrogens (tertiary/aromatic N) is 1. The number of hydrogen-bond acceptors (Lipinski definition) is 3. The Morgan fingerprint density at radius 3 is 2.15 bits per heavy atom. The summed E-state index contributed by atoms with van der Waals surface area (Å²) in [5, 5.41) is 0. The smallest absolute Gasteiger partial charge is 0.237 e. The lowest BCUT2D eigenvalue weighted by atomic mass is 10.3. The van der Waals surface area contributed by atoms with Crippen LogP contribution in [0.15, 0.2) is 0 Å². The number of amides is 1. The first-order valence-electron chi connectivity index (χ1n) is 4.12. The van der Waals surface area contributed by atoms with Crippen LogP contribution in [0.4, 0.5) is 0 Å². The Balaban J connectivity index is 2.52. The molecule has 0 aliphatic carbocycles. The minimum Gasteiger partial charge on any atom is -0.377 e. The lowest BCUT2D eigenvalue weighted by Gasteiger charge is -2.13. The monoisotopic (exact) mass is 207 g/mol. The van der Waals surface area contributed by atoms with Crippen molar-refractivity contribution in [3.05, 3.63) is 0 Å². The molecule has 0 saturated carbocycles. The fraction of sp³-hybridized carbons (Fsp3) is 0.875. The summed E-state index contributed by atoms with van der Waals surface area (Å²) in [4.78, 5) is 12.9. The first-order valence-corrected chi connectivity index (χ1v) is 4.65. The summed E-state index contributed by atoms with van der Waals surface area (Å²) < 4.78 is 10.4. The first-order chi connectivity index (χ1) is 6.22. The predicted molar refractivity (Wildman–Crippen MR) is 48.9 cm³/mol. The molecule has 0 spiro atoms. The van der Waals surface area contributed by atoms with Gasteiger partial charge in [0.25, 0.3) is 0 Å². The fourth-order valence-corrected chi connectivity index (χ4v) is 1.65. The van der Waals surface area contributed by atoms with Crippen LogP contribution in [-0.2, 0) is 14.3 Å². The van der Waals surface area contributed by atoms with E-state index in [0.29, 0.717) is 13.1 Å². The number of rotatable bonds is 3. The van der Waals surface area contributed by atoms with E-state index >= 15 is 0 Å². The van der Waals surface area contributed by atoms with Gasteiger partial charge in [-0.3, -0.25) is 4.79 Å². The van der Waals surface area contributed by atoms with Crippen molar-refractivity contribution < 1.29 is 14.3 Å². The molecule has 1 aliphatic rings. The number of hydrogen-bond donors (Lipinski definition) is 0. The number of methoxy groups -OCH3 is 2. The van der Waals surface area contributed by atoms with Gasteiger partial charge in [0.15, 0.2) is 0 Å². The number of carbonyl (C=O) groups excluding carboxylic acids is 1. The number of ether oxygens (including phenoxy) is 2. The van der Waals surface area contributed by atoms with Crippen molar-refractivity contribution in [1.82, 2.24) is 4.90 Å². The van der Waals surface area contributed by atoms with E-state index in [-0.39, 0.29) is 24.0 Å². The molecule has 1 saturated heterocycles. The van der Waals surface area contributed by atoms with Crippen molar-refractivity contribution in [2.75, 3.05) is 33.2 Å². The highest BCUT2D eigenvalue weighted by Crippen LogP contribution is 2.15. The van der Waals surface area contributed by atoms with Crippen molar-refractivity contribution in [1.29, 1.82) is 0 Å². The number of likely N-dealkylation sites (tertiary alicyclic amines) is 1. The lowest BCUT2D eigenvalue weighted by Crippen LogP contribution is -2.30. The van der Waals surface area contributed by atoms with E-state index in [4.69, 9.17) is 21.1 Å². The van der Waals surface area contributed by atoms with Gasteiger partial charge in [-0.1, -0.05) is 0 Å². The van der Waals surface area contributed by atoms with Crippen molar-refractivity contribution >= 4 is 17.5 Å². The fourth-order valence-electron chi connectivity index (χ4n) is 1.48. The van der Waals surface area contributed by atoms with Crippen LogP contribution in [-0.4, -0.2) is 56.2 Å². The van der Waals surface area contributed by atoms with Crippen LogP contribution in [0, 0.1) is 0 Å². The van der Waals surface area contributed by atoms with Crippen molar-refractivity contribution in [3.63, 3.8) is 0 Å². The van der Waals surface area contributed by atoms with Crippen molar-refractivity contribution in [3.8, 4) is 0 Å². The SMILES string of the molecule is CO[C@@H]1CN(C(=O)CCl)C[C@H]1OC. The summed E-state index contributed by atoms with van der Waals surface area (Å²) in [6.07, 6.45) is -0.0608. The van der Waals surface area contributed by atoms with Gasteiger partial charge < -0.3 is 14.4 Å². The second kappa shape index (κ2) is 4.79. The third-order valence-corrected chi connectivity index (χ3v) is 2.52. The van der Waals surface area contributed by atoms with E-state index in [0.717, 1.165) is 0 Å². The van der Waals surface area contributed by atoms with Gasteiger partial charge in [0.1, 0.15) is 18.1 Å². The second-order valence-corrected chi connectivity index (χ2v) is 3.25. The number of alkyl halides is 1. The maximum absolute atomic E-state index is 11.2. The van der Waals surface area contributed by atoms with Crippen LogP contribution >= 0.6 is 11.6 Å². The lowest BCUT2D eigenvalue weighted by molar-refractivity contribution is -0.128. The van der Waals surface area contributed by atoms with Crippen molar-refractivity contribution in [2.24, 2.45) is 0 Å². The van der Waals surface area contributed by atoms with Gasteiger partial charge in [0.2, 0.25) is 5.91 Å². The van der Waals surface area contributed by atoms with E-state index < -0.39 is 0 Å². The Morgan fingerprint density at radius 1 is 1.38 bits per heavy atom. The molecular formula is C8H14ClNO3. The molecule has 2 atom stereocenters. The van der Waals surface area contributed by atoms with E-state index in [1.54, 1.807) is 19.1 Å². The first kappa shape index (κ1) is 10.8. The quantitative estimate of drug-likeness (QED) is 0.617. The van der Waals surface area contributed by atoms with E-state index in [1.807, 2.05) is 0 Å². The average molecular weight is 208 g/mol. The summed E-state index contributed by atoms with van der Waals surface area (Å²) in [7, 11) is 3.23. The Kier molecular flexibility index (Phi) is 3.96. The van der Waals surface area contributed by atoms with Gasteiger partial charge >= 0.3 is 0 Å². The Labute approximate surface area is 82.7 Å². The molecule has 0 aromatic heterocycles. The topological polar surface area (TPSA) is 38.8 Å². The highest BCUT2D eigenvalue weighted by molar-refractivity contribution is 6.27. The second-order valence-electron chi connectivity index (χ2n) is 2.98. The summed E-state index contributed by atoms with van der Waals surface area (Å²) in [5.74, 6) is -0.0457. The van der Waals surface area contributed by atoms with Gasteiger partial charge in [0.05, 0.1) is 0 Å².